The molecule has 3 nitrogen and oxygen atoms in total. The highest BCUT2D eigenvalue weighted by molar-refractivity contribution is 5.76. The van der Waals surface area contributed by atoms with Crippen LogP contribution >= 0.6 is 0 Å². The second-order valence-corrected chi connectivity index (χ2v) is 4.02. The van der Waals surface area contributed by atoms with Gasteiger partial charge in [-0.1, -0.05) is 36.4 Å². The van der Waals surface area contributed by atoms with Gasteiger partial charge in [-0.3, -0.25) is 4.79 Å². The van der Waals surface area contributed by atoms with Crippen molar-refractivity contribution in [3.63, 3.8) is 0 Å². The van der Waals surface area contributed by atoms with Gasteiger partial charge in [-0.05, 0) is 18.9 Å². The number of amides is 1. The van der Waals surface area contributed by atoms with E-state index in [1.807, 2.05) is 30.3 Å². The fourth-order valence-electron chi connectivity index (χ4n) is 1.62. The summed E-state index contributed by atoms with van der Waals surface area (Å²) in [6.07, 6.45) is 2.14. The molecule has 3 heteroatoms. The molecule has 0 radical (unpaired) electrons. The number of hydrogen-bond acceptors (Lipinski definition) is 2. The molecule has 0 spiro atoms. The minimum absolute atomic E-state index is 0.0698. The Morgan fingerprint density at radius 2 is 2.12 bits per heavy atom. The SMILES string of the molecule is C=CCCC(=O)N[C@H](c1ccccc1)[C@@H](C)O. The molecule has 1 rings (SSSR count). The standard InChI is InChI=1S/C14H19NO2/c1-3-4-10-13(17)15-14(11(2)16)12-8-6-5-7-9-12/h3,5-9,11,14,16H,1,4,10H2,2H3,(H,15,17)/t11-,14+/m1/s1. The van der Waals surface area contributed by atoms with Crippen LogP contribution in [0.1, 0.15) is 31.4 Å². The van der Waals surface area contributed by atoms with Gasteiger partial charge in [0.05, 0.1) is 12.1 Å². The van der Waals surface area contributed by atoms with E-state index < -0.39 is 6.10 Å². The smallest absolute Gasteiger partial charge is 0.220 e. The molecule has 0 aliphatic carbocycles. The average Bonchev–Trinajstić information content (AvgIpc) is 2.34. The third-order valence-corrected chi connectivity index (χ3v) is 2.53. The lowest BCUT2D eigenvalue weighted by molar-refractivity contribution is -0.122. The van der Waals surface area contributed by atoms with E-state index in [2.05, 4.69) is 11.9 Å². The van der Waals surface area contributed by atoms with Crippen molar-refractivity contribution in [2.75, 3.05) is 0 Å². The maximum Gasteiger partial charge on any atom is 0.220 e. The molecule has 1 aromatic carbocycles. The summed E-state index contributed by atoms with van der Waals surface area (Å²) in [5, 5.41) is 12.5. The molecule has 0 saturated carbocycles. The van der Waals surface area contributed by atoms with E-state index in [0.717, 1.165) is 5.56 Å². The minimum Gasteiger partial charge on any atom is -0.391 e. The molecule has 0 aliphatic rings. The number of rotatable bonds is 6. The molecule has 0 fully saturated rings. The van der Waals surface area contributed by atoms with Gasteiger partial charge in [-0.25, -0.2) is 0 Å². The lowest BCUT2D eigenvalue weighted by Gasteiger charge is -2.21. The average molecular weight is 233 g/mol. The first-order valence-corrected chi connectivity index (χ1v) is 5.78. The molecule has 92 valence electrons. The molecular weight excluding hydrogens is 214 g/mol. The molecule has 0 aliphatic heterocycles. The predicted octanol–water partition coefficient (Wildman–Crippen LogP) is 2.19. The van der Waals surface area contributed by atoms with Crippen LogP contribution in [0.4, 0.5) is 0 Å². The van der Waals surface area contributed by atoms with Crippen molar-refractivity contribution < 1.29 is 9.90 Å². The van der Waals surface area contributed by atoms with Gasteiger partial charge in [0.1, 0.15) is 0 Å². The summed E-state index contributed by atoms with van der Waals surface area (Å²) in [6.45, 7) is 5.25. The van der Waals surface area contributed by atoms with Gasteiger partial charge in [-0.15, -0.1) is 6.58 Å². The quantitative estimate of drug-likeness (QED) is 0.740. The topological polar surface area (TPSA) is 49.3 Å². The van der Waals surface area contributed by atoms with E-state index in [1.165, 1.54) is 0 Å². The van der Waals surface area contributed by atoms with E-state index in [9.17, 15) is 9.90 Å². The highest BCUT2D eigenvalue weighted by Crippen LogP contribution is 2.16. The molecule has 2 N–H and O–H groups in total. The largest absolute Gasteiger partial charge is 0.391 e. The van der Waals surface area contributed by atoms with Crippen LogP contribution in [0, 0.1) is 0 Å². The van der Waals surface area contributed by atoms with Gasteiger partial charge < -0.3 is 10.4 Å². The minimum atomic E-state index is -0.620. The monoisotopic (exact) mass is 233 g/mol. The van der Waals surface area contributed by atoms with Gasteiger partial charge in [0.2, 0.25) is 5.91 Å². The van der Waals surface area contributed by atoms with E-state index in [-0.39, 0.29) is 11.9 Å². The van der Waals surface area contributed by atoms with Crippen molar-refractivity contribution in [2.24, 2.45) is 0 Å². The summed E-state index contributed by atoms with van der Waals surface area (Å²) in [5.74, 6) is -0.0698. The first kappa shape index (κ1) is 13.5. The summed E-state index contributed by atoms with van der Waals surface area (Å²) in [6, 6.07) is 9.12. The van der Waals surface area contributed by atoms with Crippen LogP contribution in [0.2, 0.25) is 0 Å². The molecule has 17 heavy (non-hydrogen) atoms. The predicted molar refractivity (Wildman–Crippen MR) is 68.4 cm³/mol. The maximum absolute atomic E-state index is 11.6. The van der Waals surface area contributed by atoms with Gasteiger partial charge in [0, 0.05) is 6.42 Å². The van der Waals surface area contributed by atoms with Crippen LogP contribution in [0.15, 0.2) is 43.0 Å². The summed E-state index contributed by atoms with van der Waals surface area (Å²) in [4.78, 5) is 11.6. The van der Waals surface area contributed by atoms with Gasteiger partial charge in [0.25, 0.3) is 0 Å². The Morgan fingerprint density at radius 1 is 1.47 bits per heavy atom. The van der Waals surface area contributed by atoms with E-state index in [1.54, 1.807) is 13.0 Å². The summed E-state index contributed by atoms with van der Waals surface area (Å²) in [7, 11) is 0. The third-order valence-electron chi connectivity index (χ3n) is 2.53. The van der Waals surface area contributed by atoms with Crippen molar-refractivity contribution in [1.29, 1.82) is 0 Å². The molecule has 0 bridgehead atoms. The number of aliphatic hydroxyl groups excluding tert-OH is 1. The number of allylic oxidation sites excluding steroid dienone is 1. The molecule has 0 saturated heterocycles. The molecular formula is C14H19NO2. The highest BCUT2D eigenvalue weighted by Gasteiger charge is 2.18. The lowest BCUT2D eigenvalue weighted by atomic mass is 10.0. The maximum atomic E-state index is 11.6. The lowest BCUT2D eigenvalue weighted by Crippen LogP contribution is -2.34. The molecule has 1 aromatic rings. The Labute approximate surface area is 102 Å². The molecule has 0 aromatic heterocycles. The van der Waals surface area contributed by atoms with Crippen LogP contribution in [-0.4, -0.2) is 17.1 Å². The van der Waals surface area contributed by atoms with Crippen LogP contribution in [0.25, 0.3) is 0 Å². The Morgan fingerprint density at radius 3 is 2.65 bits per heavy atom. The number of aliphatic hydroxyl groups is 1. The van der Waals surface area contributed by atoms with Crippen LogP contribution in [0.5, 0.6) is 0 Å². The Hall–Kier alpha value is -1.61. The molecule has 0 unspecified atom stereocenters. The van der Waals surface area contributed by atoms with Gasteiger partial charge in [-0.2, -0.15) is 0 Å². The first-order chi connectivity index (χ1) is 8.15. The van der Waals surface area contributed by atoms with Crippen LogP contribution in [-0.2, 0) is 4.79 Å². The summed E-state index contributed by atoms with van der Waals surface area (Å²) < 4.78 is 0. The van der Waals surface area contributed by atoms with E-state index in [0.29, 0.717) is 12.8 Å². The normalized spacial score (nSPS) is 13.8. The zero-order valence-corrected chi connectivity index (χ0v) is 10.1. The zero-order chi connectivity index (χ0) is 12.7. The fourth-order valence-corrected chi connectivity index (χ4v) is 1.62. The third kappa shape index (κ3) is 4.41. The molecule has 0 heterocycles. The summed E-state index contributed by atoms with van der Waals surface area (Å²) >= 11 is 0. The number of nitrogens with one attached hydrogen (secondary N) is 1. The molecule has 1 amide bonds. The summed E-state index contributed by atoms with van der Waals surface area (Å²) in [5.41, 5.74) is 0.912. The first-order valence-electron chi connectivity index (χ1n) is 5.78. The highest BCUT2D eigenvalue weighted by atomic mass is 16.3. The fraction of sp³-hybridized carbons (Fsp3) is 0.357. The van der Waals surface area contributed by atoms with Crippen LogP contribution in [0.3, 0.4) is 0 Å². The Bertz CT molecular complexity index is 360. The van der Waals surface area contributed by atoms with Crippen molar-refractivity contribution in [3.05, 3.63) is 48.6 Å². The zero-order valence-electron chi connectivity index (χ0n) is 10.1. The van der Waals surface area contributed by atoms with Gasteiger partial charge >= 0.3 is 0 Å². The van der Waals surface area contributed by atoms with Crippen molar-refractivity contribution in [1.82, 2.24) is 5.32 Å². The van der Waals surface area contributed by atoms with E-state index in [4.69, 9.17) is 0 Å². The second-order valence-electron chi connectivity index (χ2n) is 4.02. The van der Waals surface area contributed by atoms with Crippen molar-refractivity contribution >= 4 is 5.91 Å². The Kier molecular flexibility index (Phi) is 5.43. The number of benzene rings is 1. The number of carbonyl (C=O) groups is 1. The van der Waals surface area contributed by atoms with Gasteiger partial charge in [0.15, 0.2) is 0 Å². The number of hydrogen-bond donors (Lipinski definition) is 2. The molecule has 2 atom stereocenters. The van der Waals surface area contributed by atoms with Crippen molar-refractivity contribution in [2.45, 2.75) is 31.9 Å². The van der Waals surface area contributed by atoms with Crippen LogP contribution < -0.4 is 5.32 Å². The second kappa shape index (κ2) is 6.86. The Balaban J connectivity index is 2.68. The van der Waals surface area contributed by atoms with E-state index >= 15 is 0 Å². The number of carbonyl (C=O) groups excluding carboxylic acids is 1. The van der Waals surface area contributed by atoms with Crippen molar-refractivity contribution in [3.8, 4) is 0 Å².